The Morgan fingerprint density at radius 1 is 1.29 bits per heavy atom. The van der Waals surface area contributed by atoms with Crippen molar-refractivity contribution in [2.75, 3.05) is 0 Å². The molecular formula is C12H13BrO. The predicted molar refractivity (Wildman–Crippen MR) is 64.4 cm³/mol. The molecule has 1 aromatic rings. The number of aliphatic hydroxyl groups excluding tert-OH is 1. The quantitative estimate of drug-likeness (QED) is 0.646. The van der Waals surface area contributed by atoms with Crippen molar-refractivity contribution in [2.24, 2.45) is 0 Å². The van der Waals surface area contributed by atoms with Crippen LogP contribution >= 0.6 is 15.9 Å². The van der Waals surface area contributed by atoms with Gasteiger partial charge in [-0.05, 0) is 5.56 Å². The largest absolute Gasteiger partial charge is 0.388 e. The molecule has 1 nitrogen and oxygen atoms in total. The van der Waals surface area contributed by atoms with Crippen molar-refractivity contribution < 1.29 is 5.11 Å². The average molecular weight is 253 g/mol. The van der Waals surface area contributed by atoms with Crippen LogP contribution in [0.5, 0.6) is 0 Å². The number of aliphatic hydroxyl groups is 1. The van der Waals surface area contributed by atoms with E-state index < -0.39 is 6.10 Å². The van der Waals surface area contributed by atoms with E-state index in [0.717, 1.165) is 5.56 Å². The van der Waals surface area contributed by atoms with Crippen LogP contribution in [0.1, 0.15) is 5.56 Å². The predicted octanol–water partition coefficient (Wildman–Crippen LogP) is 3.01. The van der Waals surface area contributed by atoms with Crippen molar-refractivity contribution in [1.82, 2.24) is 0 Å². The first kappa shape index (κ1) is 11.2. The maximum Gasteiger partial charge on any atom is 0.0884 e. The highest BCUT2D eigenvalue weighted by molar-refractivity contribution is 9.09. The Bertz CT molecular complexity index is 305. The van der Waals surface area contributed by atoms with Gasteiger partial charge in [0.1, 0.15) is 0 Å². The summed E-state index contributed by atoms with van der Waals surface area (Å²) < 4.78 is 0. The Hall–Kier alpha value is -0.860. The fraction of sp³-hybridized carbons (Fsp3) is 0.167. The third kappa shape index (κ3) is 3.48. The van der Waals surface area contributed by atoms with Crippen LogP contribution in [-0.4, -0.2) is 16.0 Å². The lowest BCUT2D eigenvalue weighted by Gasteiger charge is -2.07. The lowest BCUT2D eigenvalue weighted by Crippen LogP contribution is -2.14. The van der Waals surface area contributed by atoms with E-state index in [-0.39, 0.29) is 4.83 Å². The van der Waals surface area contributed by atoms with Gasteiger partial charge in [0.15, 0.2) is 0 Å². The minimum Gasteiger partial charge on any atom is -0.388 e. The lowest BCUT2D eigenvalue weighted by molar-refractivity contribution is 0.234. The molecule has 2 heteroatoms. The van der Waals surface area contributed by atoms with E-state index in [0.29, 0.717) is 0 Å². The van der Waals surface area contributed by atoms with Crippen molar-refractivity contribution in [3.63, 3.8) is 0 Å². The van der Waals surface area contributed by atoms with E-state index in [1.165, 1.54) is 0 Å². The minimum atomic E-state index is -0.535. The third-order valence-corrected chi connectivity index (χ3v) is 2.75. The molecule has 0 saturated heterocycles. The molecular weight excluding hydrogens is 240 g/mol. The molecule has 0 fully saturated rings. The topological polar surface area (TPSA) is 20.2 Å². The Kier molecular flexibility index (Phi) is 4.63. The highest BCUT2D eigenvalue weighted by Gasteiger charge is 2.07. The molecule has 1 N–H and O–H groups in total. The first-order chi connectivity index (χ1) is 6.74. The Labute approximate surface area is 92.9 Å². The highest BCUT2D eigenvalue weighted by atomic mass is 79.9. The number of rotatable bonds is 4. The lowest BCUT2D eigenvalue weighted by atomic mass is 10.1. The maximum absolute atomic E-state index is 9.57. The SMILES string of the molecule is C=C[C@@H](Br)[C@H](O)/C=C/c1ccccc1. The summed E-state index contributed by atoms with van der Waals surface area (Å²) >= 11 is 3.30. The molecule has 0 aliphatic rings. The van der Waals surface area contributed by atoms with Crippen molar-refractivity contribution in [2.45, 2.75) is 10.9 Å². The van der Waals surface area contributed by atoms with Crippen LogP contribution in [0.25, 0.3) is 6.08 Å². The van der Waals surface area contributed by atoms with Gasteiger partial charge in [0.05, 0.1) is 10.9 Å². The van der Waals surface area contributed by atoms with E-state index in [2.05, 4.69) is 22.5 Å². The second-order valence-electron chi connectivity index (χ2n) is 2.94. The number of hydrogen-bond acceptors (Lipinski definition) is 1. The van der Waals surface area contributed by atoms with Gasteiger partial charge >= 0.3 is 0 Å². The molecule has 0 bridgehead atoms. The maximum atomic E-state index is 9.57. The van der Waals surface area contributed by atoms with E-state index in [4.69, 9.17) is 0 Å². The Morgan fingerprint density at radius 3 is 2.50 bits per heavy atom. The van der Waals surface area contributed by atoms with Gasteiger partial charge in [-0.3, -0.25) is 0 Å². The zero-order valence-corrected chi connectivity index (χ0v) is 9.39. The summed E-state index contributed by atoms with van der Waals surface area (Å²) in [4.78, 5) is -0.0949. The molecule has 0 heterocycles. The molecule has 14 heavy (non-hydrogen) atoms. The summed E-state index contributed by atoms with van der Waals surface area (Å²) in [6.45, 7) is 3.60. The van der Waals surface area contributed by atoms with Crippen molar-refractivity contribution >= 4 is 22.0 Å². The van der Waals surface area contributed by atoms with Gasteiger partial charge in [-0.2, -0.15) is 0 Å². The summed E-state index contributed by atoms with van der Waals surface area (Å²) in [5.41, 5.74) is 1.08. The summed E-state index contributed by atoms with van der Waals surface area (Å²) in [6, 6.07) is 9.86. The van der Waals surface area contributed by atoms with Crippen LogP contribution in [0, 0.1) is 0 Å². The number of hydrogen-bond donors (Lipinski definition) is 1. The summed E-state index contributed by atoms with van der Waals surface area (Å²) in [6.07, 6.45) is 4.77. The molecule has 0 aliphatic carbocycles. The first-order valence-electron chi connectivity index (χ1n) is 4.42. The van der Waals surface area contributed by atoms with Crippen LogP contribution in [0.3, 0.4) is 0 Å². The second kappa shape index (κ2) is 5.78. The zero-order valence-electron chi connectivity index (χ0n) is 7.81. The third-order valence-electron chi connectivity index (χ3n) is 1.84. The van der Waals surface area contributed by atoms with Gasteiger partial charge in [-0.15, -0.1) is 6.58 Å². The molecule has 0 amide bonds. The smallest absolute Gasteiger partial charge is 0.0884 e. The second-order valence-corrected chi connectivity index (χ2v) is 4.00. The molecule has 0 aliphatic heterocycles. The number of halogens is 1. The summed E-state index contributed by atoms with van der Waals surface area (Å²) in [5, 5.41) is 9.57. The van der Waals surface area contributed by atoms with Gasteiger partial charge in [-0.1, -0.05) is 64.5 Å². The normalized spacial score (nSPS) is 15.3. The van der Waals surface area contributed by atoms with Gasteiger partial charge < -0.3 is 5.11 Å². The minimum absolute atomic E-state index is 0.0949. The molecule has 2 atom stereocenters. The Balaban J connectivity index is 2.60. The monoisotopic (exact) mass is 252 g/mol. The van der Waals surface area contributed by atoms with Crippen molar-refractivity contribution in [1.29, 1.82) is 0 Å². The fourth-order valence-electron chi connectivity index (χ4n) is 1.02. The number of benzene rings is 1. The molecule has 0 aromatic heterocycles. The van der Waals surface area contributed by atoms with Gasteiger partial charge in [0.2, 0.25) is 0 Å². The van der Waals surface area contributed by atoms with Gasteiger partial charge in [0, 0.05) is 0 Å². The highest BCUT2D eigenvalue weighted by Crippen LogP contribution is 2.10. The van der Waals surface area contributed by atoms with E-state index in [9.17, 15) is 5.11 Å². The average Bonchev–Trinajstić information content (AvgIpc) is 2.26. The first-order valence-corrected chi connectivity index (χ1v) is 5.33. The molecule has 1 aromatic carbocycles. The van der Waals surface area contributed by atoms with Crippen LogP contribution in [0.4, 0.5) is 0 Å². The summed E-state index contributed by atoms with van der Waals surface area (Å²) in [5.74, 6) is 0. The molecule has 0 unspecified atom stereocenters. The van der Waals surface area contributed by atoms with Crippen molar-refractivity contribution in [3.05, 3.63) is 54.6 Å². The van der Waals surface area contributed by atoms with E-state index in [1.807, 2.05) is 36.4 Å². The van der Waals surface area contributed by atoms with Crippen LogP contribution in [0.2, 0.25) is 0 Å². The van der Waals surface area contributed by atoms with Crippen LogP contribution in [-0.2, 0) is 0 Å². The van der Waals surface area contributed by atoms with Crippen molar-refractivity contribution in [3.8, 4) is 0 Å². The molecule has 0 saturated carbocycles. The molecule has 74 valence electrons. The van der Waals surface area contributed by atoms with Gasteiger partial charge in [0.25, 0.3) is 0 Å². The fourth-order valence-corrected chi connectivity index (χ4v) is 1.20. The van der Waals surface area contributed by atoms with E-state index in [1.54, 1.807) is 12.2 Å². The summed E-state index contributed by atoms with van der Waals surface area (Å²) in [7, 11) is 0. The molecule has 1 rings (SSSR count). The molecule has 0 radical (unpaired) electrons. The Morgan fingerprint density at radius 2 is 1.93 bits per heavy atom. The van der Waals surface area contributed by atoms with E-state index >= 15 is 0 Å². The number of alkyl halides is 1. The standard InChI is InChI=1S/C12H13BrO/c1-2-11(13)12(14)9-8-10-6-4-3-5-7-10/h2-9,11-12,14H,1H2/b9-8+/t11-,12-/m1/s1. The van der Waals surface area contributed by atoms with Gasteiger partial charge in [-0.25, -0.2) is 0 Å². The molecule has 0 spiro atoms. The van der Waals surface area contributed by atoms with Crippen LogP contribution < -0.4 is 0 Å². The zero-order chi connectivity index (χ0) is 10.4. The van der Waals surface area contributed by atoms with Crippen LogP contribution in [0.15, 0.2) is 49.1 Å².